The molecule has 0 fully saturated rings. The zero-order valence-corrected chi connectivity index (χ0v) is 11.4. The van der Waals surface area contributed by atoms with Gasteiger partial charge in [-0.15, -0.1) is 0 Å². The maximum atomic E-state index is 5.53. The van der Waals surface area contributed by atoms with Crippen LogP contribution < -0.4 is 5.32 Å². The molecule has 0 saturated carbocycles. The first-order valence-corrected chi connectivity index (χ1v) is 6.21. The summed E-state index contributed by atoms with van der Waals surface area (Å²) in [6.45, 7) is 12.2. The second-order valence-corrected chi connectivity index (χ2v) is 4.49. The normalized spacial score (nSPS) is 10.8. The van der Waals surface area contributed by atoms with E-state index >= 15 is 0 Å². The van der Waals surface area contributed by atoms with E-state index in [1.165, 1.54) is 5.70 Å². The molecule has 0 spiro atoms. The summed E-state index contributed by atoms with van der Waals surface area (Å²) in [5.74, 6) is 0.529. The molecule has 0 aromatic carbocycles. The van der Waals surface area contributed by atoms with Gasteiger partial charge in [-0.3, -0.25) is 0 Å². The van der Waals surface area contributed by atoms with Crippen molar-refractivity contribution in [3.8, 4) is 0 Å². The van der Waals surface area contributed by atoms with E-state index in [4.69, 9.17) is 4.74 Å². The predicted octanol–water partition coefficient (Wildman–Crippen LogP) is 2.35. The Morgan fingerprint density at radius 3 is 2.56 bits per heavy atom. The molecule has 1 N–H and O–H groups in total. The minimum absolute atomic E-state index is 0. The van der Waals surface area contributed by atoms with Crippen molar-refractivity contribution in [2.75, 3.05) is 40.4 Å². The van der Waals surface area contributed by atoms with E-state index < -0.39 is 0 Å². The second-order valence-electron chi connectivity index (χ2n) is 4.49. The van der Waals surface area contributed by atoms with Crippen LogP contribution in [0.1, 0.15) is 28.1 Å². The first kappa shape index (κ1) is 15.5. The molecule has 0 bridgehead atoms. The molecule has 0 aliphatic heterocycles. The Hall–Kier alpha value is -0.540. The van der Waals surface area contributed by atoms with Gasteiger partial charge < -0.3 is 15.0 Å². The van der Waals surface area contributed by atoms with Gasteiger partial charge in [-0.2, -0.15) is 0 Å². The average Bonchev–Trinajstić information content (AvgIpc) is 2.26. The van der Waals surface area contributed by atoms with Crippen LogP contribution in [0.3, 0.4) is 0 Å². The molecule has 0 heterocycles. The Bertz CT molecular complexity index is 186. The summed E-state index contributed by atoms with van der Waals surface area (Å²) in [4.78, 5) is 2.22. The molecular weight excluding hydrogens is 200 g/mol. The van der Waals surface area contributed by atoms with E-state index in [1.54, 1.807) is 0 Å². The lowest BCUT2D eigenvalue weighted by Gasteiger charge is -2.24. The van der Waals surface area contributed by atoms with Gasteiger partial charge >= 0.3 is 0 Å². The van der Waals surface area contributed by atoms with Crippen molar-refractivity contribution in [3.63, 3.8) is 0 Å². The van der Waals surface area contributed by atoms with E-state index in [0.717, 1.165) is 39.1 Å². The van der Waals surface area contributed by atoms with Crippen LogP contribution in [0.25, 0.3) is 0 Å². The molecule has 98 valence electrons. The molecule has 3 nitrogen and oxygen atoms in total. The molecular formula is C13H30N2O. The molecule has 0 rings (SSSR count). The van der Waals surface area contributed by atoms with Crippen molar-refractivity contribution in [3.05, 3.63) is 12.3 Å². The lowest BCUT2D eigenvalue weighted by Crippen LogP contribution is -2.22. The van der Waals surface area contributed by atoms with Crippen LogP contribution in [0.5, 0.6) is 0 Å². The number of nitrogens with zero attached hydrogens (tertiary/aromatic N) is 1. The third-order valence-corrected chi connectivity index (χ3v) is 2.65. The van der Waals surface area contributed by atoms with Crippen molar-refractivity contribution in [2.24, 2.45) is 5.92 Å². The highest BCUT2D eigenvalue weighted by atomic mass is 16.5. The van der Waals surface area contributed by atoms with E-state index in [1.807, 2.05) is 7.05 Å². The van der Waals surface area contributed by atoms with Gasteiger partial charge in [-0.25, -0.2) is 0 Å². The molecule has 0 aromatic rings. The quantitative estimate of drug-likeness (QED) is 0.583. The van der Waals surface area contributed by atoms with Gasteiger partial charge in [0, 0.05) is 33.9 Å². The van der Waals surface area contributed by atoms with Gasteiger partial charge in [0.1, 0.15) is 0 Å². The number of hydrogen-bond donors (Lipinski definition) is 1. The van der Waals surface area contributed by atoms with Crippen LogP contribution in [-0.4, -0.2) is 45.3 Å². The van der Waals surface area contributed by atoms with Crippen LogP contribution in [-0.2, 0) is 4.74 Å². The Kier molecular flexibility index (Phi) is 9.34. The molecule has 0 unspecified atom stereocenters. The summed E-state index contributed by atoms with van der Waals surface area (Å²) in [7, 11) is 4.07. The zero-order valence-electron chi connectivity index (χ0n) is 11.4. The van der Waals surface area contributed by atoms with Gasteiger partial charge in [0.05, 0.1) is 0 Å². The molecule has 0 aliphatic rings. The van der Waals surface area contributed by atoms with Crippen molar-refractivity contribution in [1.29, 1.82) is 0 Å². The summed E-state index contributed by atoms with van der Waals surface area (Å²) in [6, 6.07) is 0. The fraction of sp³-hybridized carbons (Fsp3) is 0.846. The van der Waals surface area contributed by atoms with E-state index in [0.29, 0.717) is 5.92 Å². The summed E-state index contributed by atoms with van der Waals surface area (Å²) in [6.07, 6.45) is 2.16. The molecule has 0 radical (unpaired) electrons. The number of ether oxygens (including phenoxy) is 1. The molecule has 16 heavy (non-hydrogen) atoms. The minimum atomic E-state index is 0. The number of rotatable bonds is 10. The Morgan fingerprint density at radius 2 is 2.00 bits per heavy atom. The Labute approximate surface area is 102 Å². The third-order valence-electron chi connectivity index (χ3n) is 2.65. The first-order chi connectivity index (χ1) is 7.59. The SMILES string of the molecule is C=C(C(C)C)N(C)CCCOCCCNC.[HH]. The van der Waals surface area contributed by atoms with Gasteiger partial charge in [-0.1, -0.05) is 20.4 Å². The van der Waals surface area contributed by atoms with Crippen LogP contribution in [0.4, 0.5) is 0 Å². The summed E-state index contributed by atoms with van der Waals surface area (Å²) in [5.41, 5.74) is 1.20. The van der Waals surface area contributed by atoms with Crippen LogP contribution >= 0.6 is 0 Å². The molecule has 3 heteroatoms. The molecule has 0 atom stereocenters. The zero-order chi connectivity index (χ0) is 12.4. The van der Waals surface area contributed by atoms with Crippen molar-refractivity contribution in [2.45, 2.75) is 26.7 Å². The lowest BCUT2D eigenvalue weighted by atomic mass is 10.1. The minimum Gasteiger partial charge on any atom is -0.381 e. The monoisotopic (exact) mass is 230 g/mol. The molecule has 0 aromatic heterocycles. The van der Waals surface area contributed by atoms with Gasteiger partial charge in [0.2, 0.25) is 0 Å². The smallest absolute Gasteiger partial charge is 0.0482 e. The van der Waals surface area contributed by atoms with Crippen LogP contribution in [0, 0.1) is 5.92 Å². The van der Waals surface area contributed by atoms with Crippen LogP contribution in [0.2, 0.25) is 0 Å². The second kappa shape index (κ2) is 9.67. The van der Waals surface area contributed by atoms with Crippen molar-refractivity contribution in [1.82, 2.24) is 10.2 Å². The third kappa shape index (κ3) is 7.71. The first-order valence-electron chi connectivity index (χ1n) is 6.21. The predicted molar refractivity (Wildman–Crippen MR) is 72.7 cm³/mol. The summed E-state index contributed by atoms with van der Waals surface area (Å²) >= 11 is 0. The highest BCUT2D eigenvalue weighted by Gasteiger charge is 2.05. The summed E-state index contributed by atoms with van der Waals surface area (Å²) < 4.78 is 5.53. The van der Waals surface area contributed by atoms with E-state index in [9.17, 15) is 0 Å². The fourth-order valence-electron chi connectivity index (χ4n) is 1.44. The van der Waals surface area contributed by atoms with Crippen molar-refractivity contribution < 1.29 is 6.16 Å². The topological polar surface area (TPSA) is 24.5 Å². The highest BCUT2D eigenvalue weighted by molar-refractivity contribution is 4.95. The van der Waals surface area contributed by atoms with Gasteiger partial charge in [0.25, 0.3) is 0 Å². The number of allylic oxidation sites excluding steroid dienone is 1. The maximum Gasteiger partial charge on any atom is 0.0482 e. The highest BCUT2D eigenvalue weighted by Crippen LogP contribution is 2.10. The maximum absolute atomic E-state index is 5.53. The molecule has 0 saturated heterocycles. The van der Waals surface area contributed by atoms with Gasteiger partial charge in [-0.05, 0) is 32.4 Å². The Balaban J connectivity index is 0. The average molecular weight is 230 g/mol. The molecule has 0 aliphatic carbocycles. The largest absolute Gasteiger partial charge is 0.381 e. The van der Waals surface area contributed by atoms with E-state index in [2.05, 4.69) is 37.7 Å². The summed E-state index contributed by atoms with van der Waals surface area (Å²) in [5, 5.41) is 3.10. The standard InChI is InChI=1S/C13H28N2O.H2/c1-12(2)13(3)15(5)9-7-11-16-10-6-8-14-4;/h12,14H,3,6-11H2,1-2,4-5H3;1H. The van der Waals surface area contributed by atoms with E-state index in [-0.39, 0.29) is 1.43 Å². The molecule has 0 amide bonds. The lowest BCUT2D eigenvalue weighted by molar-refractivity contribution is 0.123. The number of hydrogen-bond acceptors (Lipinski definition) is 3. The van der Waals surface area contributed by atoms with Gasteiger partial charge in [0.15, 0.2) is 0 Å². The van der Waals surface area contributed by atoms with Crippen LogP contribution in [0.15, 0.2) is 12.3 Å². The van der Waals surface area contributed by atoms with Crippen molar-refractivity contribution >= 4 is 0 Å². The number of nitrogens with one attached hydrogen (secondary N) is 1. The Morgan fingerprint density at radius 1 is 1.38 bits per heavy atom. The fourth-order valence-corrected chi connectivity index (χ4v) is 1.44.